The summed E-state index contributed by atoms with van der Waals surface area (Å²) in [6.07, 6.45) is 0.512. The highest BCUT2D eigenvalue weighted by atomic mass is 79.9. The van der Waals surface area contributed by atoms with Gasteiger partial charge in [-0.05, 0) is 47.0 Å². The van der Waals surface area contributed by atoms with Crippen molar-refractivity contribution in [1.29, 1.82) is 0 Å². The van der Waals surface area contributed by atoms with Crippen molar-refractivity contribution in [1.82, 2.24) is 4.90 Å². The third-order valence-electron chi connectivity index (χ3n) is 3.19. The Balaban J connectivity index is 2.02. The van der Waals surface area contributed by atoms with Crippen molar-refractivity contribution < 1.29 is 14.7 Å². The van der Waals surface area contributed by atoms with Crippen LogP contribution >= 0.6 is 15.9 Å². The molecule has 0 radical (unpaired) electrons. The van der Waals surface area contributed by atoms with Crippen LogP contribution in [0.2, 0.25) is 0 Å². The van der Waals surface area contributed by atoms with E-state index in [4.69, 9.17) is 5.11 Å². The summed E-state index contributed by atoms with van der Waals surface area (Å²) in [5, 5.41) is 11.7. The van der Waals surface area contributed by atoms with E-state index < -0.39 is 11.9 Å². The Kier molecular flexibility index (Phi) is 4.09. The van der Waals surface area contributed by atoms with E-state index in [0.29, 0.717) is 18.7 Å². The number of carbonyl (C=O) groups is 2. The number of carboxylic acid groups (broad SMARTS) is 1. The Hall–Kier alpha value is -1.56. The molecule has 1 aliphatic heterocycles. The van der Waals surface area contributed by atoms with Gasteiger partial charge in [-0.2, -0.15) is 0 Å². The van der Waals surface area contributed by atoms with Crippen LogP contribution < -0.4 is 5.32 Å². The van der Waals surface area contributed by atoms with E-state index in [1.54, 1.807) is 0 Å². The molecular formula is C13H15BrN2O3. The first-order valence-electron chi connectivity index (χ1n) is 6.02. The van der Waals surface area contributed by atoms with Crippen LogP contribution in [0.4, 0.5) is 10.5 Å². The summed E-state index contributed by atoms with van der Waals surface area (Å²) in [6, 6.07) is 5.42. The Morgan fingerprint density at radius 3 is 2.84 bits per heavy atom. The minimum absolute atomic E-state index is 0.255. The molecule has 1 unspecified atom stereocenters. The van der Waals surface area contributed by atoms with Crippen molar-refractivity contribution >= 4 is 33.6 Å². The molecule has 102 valence electrons. The normalized spacial score (nSPS) is 18.4. The van der Waals surface area contributed by atoms with Crippen LogP contribution in [0.3, 0.4) is 0 Å². The van der Waals surface area contributed by atoms with Gasteiger partial charge >= 0.3 is 12.0 Å². The lowest BCUT2D eigenvalue weighted by atomic mass is 10.1. The number of amides is 2. The second-order valence-corrected chi connectivity index (χ2v) is 5.54. The molecule has 1 aromatic carbocycles. The molecule has 1 heterocycles. The summed E-state index contributed by atoms with van der Waals surface area (Å²) >= 11 is 3.38. The third kappa shape index (κ3) is 3.26. The molecule has 6 heteroatoms. The number of likely N-dealkylation sites (tertiary alicyclic amines) is 1. The zero-order valence-corrected chi connectivity index (χ0v) is 12.1. The van der Waals surface area contributed by atoms with Gasteiger partial charge in [-0.15, -0.1) is 0 Å². The summed E-state index contributed by atoms with van der Waals surface area (Å²) < 4.78 is 0.806. The van der Waals surface area contributed by atoms with Crippen LogP contribution in [-0.2, 0) is 4.79 Å². The number of aliphatic carboxylic acids is 1. The number of hydrogen-bond acceptors (Lipinski definition) is 2. The lowest BCUT2D eigenvalue weighted by Gasteiger charge is -2.17. The van der Waals surface area contributed by atoms with E-state index in [2.05, 4.69) is 21.2 Å². The average molecular weight is 327 g/mol. The largest absolute Gasteiger partial charge is 0.481 e. The van der Waals surface area contributed by atoms with Crippen molar-refractivity contribution in [3.05, 3.63) is 28.2 Å². The first kappa shape index (κ1) is 13.9. The van der Waals surface area contributed by atoms with Gasteiger partial charge in [-0.1, -0.05) is 6.07 Å². The summed E-state index contributed by atoms with van der Waals surface area (Å²) in [5.41, 5.74) is 1.74. The molecular weight excluding hydrogens is 312 g/mol. The van der Waals surface area contributed by atoms with Gasteiger partial charge in [0.05, 0.1) is 11.6 Å². The highest BCUT2D eigenvalue weighted by Gasteiger charge is 2.30. The van der Waals surface area contributed by atoms with E-state index in [0.717, 1.165) is 10.0 Å². The van der Waals surface area contributed by atoms with Crippen LogP contribution in [-0.4, -0.2) is 35.1 Å². The second kappa shape index (κ2) is 5.61. The number of nitrogens with one attached hydrogen (secondary N) is 1. The zero-order chi connectivity index (χ0) is 14.0. The predicted molar refractivity (Wildman–Crippen MR) is 75.2 cm³/mol. The molecule has 1 atom stereocenters. The molecule has 19 heavy (non-hydrogen) atoms. The van der Waals surface area contributed by atoms with Gasteiger partial charge in [-0.3, -0.25) is 4.79 Å². The van der Waals surface area contributed by atoms with Crippen molar-refractivity contribution in [3.63, 3.8) is 0 Å². The SMILES string of the molecule is Cc1ccc(Br)c(NC(=O)N2CCC(C(=O)O)C2)c1. The zero-order valence-electron chi connectivity index (χ0n) is 10.5. The molecule has 2 N–H and O–H groups in total. The molecule has 2 rings (SSSR count). The van der Waals surface area contributed by atoms with E-state index in [-0.39, 0.29) is 12.6 Å². The number of benzene rings is 1. The number of nitrogens with zero attached hydrogens (tertiary/aromatic N) is 1. The van der Waals surface area contributed by atoms with Gasteiger partial charge in [0.2, 0.25) is 0 Å². The molecule has 1 saturated heterocycles. The first-order valence-corrected chi connectivity index (χ1v) is 6.81. The maximum atomic E-state index is 12.0. The summed E-state index contributed by atoms with van der Waals surface area (Å²) in [5.74, 6) is -1.29. The van der Waals surface area contributed by atoms with Crippen molar-refractivity contribution in [2.24, 2.45) is 5.92 Å². The minimum atomic E-state index is -0.841. The lowest BCUT2D eigenvalue weighted by molar-refractivity contribution is -0.141. The van der Waals surface area contributed by atoms with Crippen LogP contribution in [0.5, 0.6) is 0 Å². The van der Waals surface area contributed by atoms with Gasteiger partial charge in [0, 0.05) is 17.6 Å². The number of urea groups is 1. The molecule has 1 aliphatic rings. The minimum Gasteiger partial charge on any atom is -0.481 e. The van der Waals surface area contributed by atoms with Crippen LogP contribution in [0, 0.1) is 12.8 Å². The monoisotopic (exact) mass is 326 g/mol. The molecule has 5 nitrogen and oxygen atoms in total. The van der Waals surface area contributed by atoms with Crippen LogP contribution in [0.15, 0.2) is 22.7 Å². The smallest absolute Gasteiger partial charge is 0.321 e. The Morgan fingerprint density at radius 1 is 1.47 bits per heavy atom. The quantitative estimate of drug-likeness (QED) is 0.877. The van der Waals surface area contributed by atoms with Crippen molar-refractivity contribution in [2.75, 3.05) is 18.4 Å². The Bertz CT molecular complexity index is 519. The molecule has 0 saturated carbocycles. The molecule has 0 aromatic heterocycles. The number of halogens is 1. The van der Waals surface area contributed by atoms with Gasteiger partial charge < -0.3 is 15.3 Å². The molecule has 2 amide bonds. The molecule has 1 aromatic rings. The van der Waals surface area contributed by atoms with Crippen molar-refractivity contribution in [2.45, 2.75) is 13.3 Å². The number of hydrogen-bond donors (Lipinski definition) is 2. The first-order chi connectivity index (χ1) is 8.97. The summed E-state index contributed by atoms with van der Waals surface area (Å²) in [6.45, 7) is 2.69. The maximum Gasteiger partial charge on any atom is 0.321 e. The topological polar surface area (TPSA) is 69.6 Å². The fourth-order valence-corrected chi connectivity index (χ4v) is 2.42. The highest BCUT2D eigenvalue weighted by molar-refractivity contribution is 9.10. The number of carboxylic acids is 1. The summed E-state index contributed by atoms with van der Waals surface area (Å²) in [4.78, 5) is 24.4. The number of anilines is 1. The fraction of sp³-hybridized carbons (Fsp3) is 0.385. The van der Waals surface area contributed by atoms with E-state index in [1.165, 1.54) is 4.90 Å². The second-order valence-electron chi connectivity index (χ2n) is 4.68. The van der Waals surface area contributed by atoms with E-state index in [9.17, 15) is 9.59 Å². The maximum absolute atomic E-state index is 12.0. The standard InChI is InChI=1S/C13H15BrN2O3/c1-8-2-3-10(14)11(6-8)15-13(19)16-5-4-9(7-16)12(17)18/h2-3,6,9H,4-5,7H2,1H3,(H,15,19)(H,17,18). The average Bonchev–Trinajstić information content (AvgIpc) is 2.83. The molecule has 1 fully saturated rings. The van der Waals surface area contributed by atoms with Crippen molar-refractivity contribution in [3.8, 4) is 0 Å². The van der Waals surface area contributed by atoms with Gasteiger partial charge in [0.15, 0.2) is 0 Å². The number of aryl methyl sites for hydroxylation is 1. The summed E-state index contributed by atoms with van der Waals surface area (Å²) in [7, 11) is 0. The van der Waals surface area contributed by atoms with Gasteiger partial charge in [0.1, 0.15) is 0 Å². The lowest BCUT2D eigenvalue weighted by Crippen LogP contribution is -2.33. The molecule has 0 spiro atoms. The van der Waals surface area contributed by atoms with Gasteiger partial charge in [0.25, 0.3) is 0 Å². The number of rotatable bonds is 2. The molecule has 0 aliphatic carbocycles. The van der Waals surface area contributed by atoms with Gasteiger partial charge in [-0.25, -0.2) is 4.79 Å². The Morgan fingerprint density at radius 2 is 2.21 bits per heavy atom. The van der Waals surface area contributed by atoms with E-state index >= 15 is 0 Å². The fourth-order valence-electron chi connectivity index (χ4n) is 2.08. The highest BCUT2D eigenvalue weighted by Crippen LogP contribution is 2.24. The number of carbonyl (C=O) groups excluding carboxylic acids is 1. The molecule has 0 bridgehead atoms. The van der Waals surface area contributed by atoms with E-state index in [1.807, 2.05) is 25.1 Å². The third-order valence-corrected chi connectivity index (χ3v) is 3.88. The predicted octanol–water partition coefficient (Wildman–Crippen LogP) is 2.70. The van der Waals surface area contributed by atoms with Crippen LogP contribution in [0.1, 0.15) is 12.0 Å². The Labute approximate surface area is 119 Å². The van der Waals surface area contributed by atoms with Crippen LogP contribution in [0.25, 0.3) is 0 Å².